The molecule has 42 heavy (non-hydrogen) atoms. The van der Waals surface area contributed by atoms with E-state index in [9.17, 15) is 19.1 Å². The van der Waals surface area contributed by atoms with E-state index in [1.54, 1.807) is 32.6 Å². The number of H-pyrrole nitrogens is 1. The van der Waals surface area contributed by atoms with Gasteiger partial charge < -0.3 is 29.8 Å². The molecule has 2 atom stereocenters. The number of halogens is 2. The van der Waals surface area contributed by atoms with Crippen molar-refractivity contribution in [2.45, 2.75) is 18.9 Å². The van der Waals surface area contributed by atoms with Gasteiger partial charge in [-0.2, -0.15) is 0 Å². The number of aromatic amines is 1. The number of benzene rings is 1. The molecule has 0 bridgehead atoms. The first kappa shape index (κ1) is 26.3. The molecule has 2 fully saturated rings. The number of nitrogens with zero attached hydrogens (tertiary/aromatic N) is 5. The number of carboxylic acid groups (broad SMARTS) is 1. The number of rotatable bonds is 5. The average molecular weight is 574 g/mol. The van der Waals surface area contributed by atoms with Gasteiger partial charge in [0.1, 0.15) is 16.9 Å². The molecule has 0 radical (unpaired) electrons. The summed E-state index contributed by atoms with van der Waals surface area (Å²) >= 11 is 0. The van der Waals surface area contributed by atoms with Gasteiger partial charge in [0.15, 0.2) is 11.6 Å². The first-order chi connectivity index (χ1) is 20.0. The molecule has 12 heteroatoms. The quantitative estimate of drug-likeness (QED) is 0.287. The van der Waals surface area contributed by atoms with Gasteiger partial charge in [0.25, 0.3) is 0 Å². The van der Waals surface area contributed by atoms with Crippen molar-refractivity contribution >= 4 is 50.3 Å². The third-order valence-corrected chi connectivity index (χ3v) is 9.06. The summed E-state index contributed by atoms with van der Waals surface area (Å²) in [6.45, 7) is 1.42. The summed E-state index contributed by atoms with van der Waals surface area (Å²) < 4.78 is 32.1. The number of hydrogen-bond donors (Lipinski definition) is 3. The number of fused-ring (bicyclic) bond motifs is 4. The molecule has 3 N–H and O–H groups in total. The van der Waals surface area contributed by atoms with Crippen molar-refractivity contribution in [2.75, 3.05) is 44.4 Å². The van der Waals surface area contributed by atoms with E-state index in [0.717, 1.165) is 25.5 Å². The van der Waals surface area contributed by atoms with E-state index in [1.165, 1.54) is 10.8 Å². The Hall–Kier alpha value is -4.58. The molecule has 1 aliphatic heterocycles. The van der Waals surface area contributed by atoms with E-state index in [0.29, 0.717) is 57.3 Å². The van der Waals surface area contributed by atoms with Crippen LogP contribution in [0.15, 0.2) is 35.5 Å². The van der Waals surface area contributed by atoms with Crippen LogP contribution in [0.4, 0.5) is 20.2 Å². The minimum absolute atomic E-state index is 0.0936. The Morgan fingerprint density at radius 3 is 2.69 bits per heavy atom. The molecule has 1 saturated carbocycles. The van der Waals surface area contributed by atoms with E-state index in [1.807, 2.05) is 0 Å². The van der Waals surface area contributed by atoms with Gasteiger partial charge in [0.2, 0.25) is 5.43 Å². The van der Waals surface area contributed by atoms with Crippen molar-refractivity contribution in [1.82, 2.24) is 24.4 Å². The normalized spacial score (nSPS) is 20.1. The van der Waals surface area contributed by atoms with Gasteiger partial charge in [-0.3, -0.25) is 4.79 Å². The van der Waals surface area contributed by atoms with Crippen molar-refractivity contribution in [3.8, 4) is 11.1 Å². The lowest BCUT2D eigenvalue weighted by molar-refractivity contribution is 0.0695. The molecule has 5 aromatic rings. The largest absolute Gasteiger partial charge is 0.477 e. The summed E-state index contributed by atoms with van der Waals surface area (Å²) in [5, 5.41) is 13.2. The fourth-order valence-electron chi connectivity index (χ4n) is 6.92. The number of aromatic nitrogens is 4. The van der Waals surface area contributed by atoms with Crippen molar-refractivity contribution < 1.29 is 18.7 Å². The smallest absolute Gasteiger partial charge is 0.341 e. The maximum absolute atomic E-state index is 15.6. The van der Waals surface area contributed by atoms with E-state index in [2.05, 4.69) is 44.2 Å². The van der Waals surface area contributed by atoms with Crippen molar-refractivity contribution in [2.24, 2.45) is 12.5 Å². The van der Waals surface area contributed by atoms with Crippen molar-refractivity contribution in [1.29, 1.82) is 0 Å². The van der Waals surface area contributed by atoms with Gasteiger partial charge in [0.05, 0.1) is 33.1 Å². The zero-order chi connectivity index (χ0) is 29.7. The minimum Gasteiger partial charge on any atom is -0.477 e. The summed E-state index contributed by atoms with van der Waals surface area (Å²) in [6.07, 6.45) is 6.49. The molecular weight excluding hydrogens is 544 g/mol. The Balaban J connectivity index is 1.53. The topological polar surface area (TPSA) is 119 Å². The zero-order valence-electron chi connectivity index (χ0n) is 23.5. The Morgan fingerprint density at radius 2 is 2.00 bits per heavy atom. The standard InChI is InChI=1S/C30H29F2N7O3/c1-33-19-8-18(31)23(32)21-22-25(39-6-5-30(13-39)9-20(30)37(2)3)16(11-34-27(22)36-24(19)21)14-7-15-26(40)17(29(41)42)12-38(4)28(15)35-10-14/h7-8,10-12,20,33H,5-6,9,13H2,1-4H3,(H,34,36)(H,41,42)/t20-,30-/m1/s1. The Morgan fingerprint density at radius 1 is 1.21 bits per heavy atom. The zero-order valence-corrected chi connectivity index (χ0v) is 23.5. The maximum Gasteiger partial charge on any atom is 0.341 e. The highest BCUT2D eigenvalue weighted by molar-refractivity contribution is 6.18. The first-order valence-electron chi connectivity index (χ1n) is 13.7. The fourth-order valence-corrected chi connectivity index (χ4v) is 6.92. The second kappa shape index (κ2) is 8.96. The predicted molar refractivity (Wildman–Crippen MR) is 157 cm³/mol. The lowest BCUT2D eigenvalue weighted by atomic mass is 10.0. The molecule has 0 unspecified atom stereocenters. The Bertz CT molecular complexity index is 2040. The number of carbonyl (C=O) groups is 1. The first-order valence-corrected chi connectivity index (χ1v) is 13.7. The third kappa shape index (κ3) is 3.64. The molecule has 5 heterocycles. The molecule has 0 amide bonds. The molecule has 1 saturated heterocycles. The van der Waals surface area contributed by atoms with Gasteiger partial charge in [-0.1, -0.05) is 0 Å². The minimum atomic E-state index is -1.33. The van der Waals surface area contributed by atoms with Crippen LogP contribution in [0.2, 0.25) is 0 Å². The summed E-state index contributed by atoms with van der Waals surface area (Å²) in [5.74, 6) is -3.28. The number of carboxylic acids is 1. The van der Waals surface area contributed by atoms with Crippen LogP contribution in [-0.4, -0.2) is 75.8 Å². The van der Waals surface area contributed by atoms with Crippen LogP contribution < -0.4 is 15.6 Å². The molecule has 1 aliphatic carbocycles. The summed E-state index contributed by atoms with van der Waals surface area (Å²) in [5.41, 5.74) is 2.41. The highest BCUT2D eigenvalue weighted by Gasteiger charge is 2.58. The van der Waals surface area contributed by atoms with Crippen LogP contribution in [0, 0.1) is 17.0 Å². The van der Waals surface area contributed by atoms with Crippen LogP contribution >= 0.6 is 0 Å². The van der Waals surface area contributed by atoms with Gasteiger partial charge in [-0.15, -0.1) is 0 Å². The average Bonchev–Trinajstić information content (AvgIpc) is 3.30. The van der Waals surface area contributed by atoms with Crippen molar-refractivity contribution in [3.05, 3.63) is 58.1 Å². The lowest BCUT2D eigenvalue weighted by Crippen LogP contribution is -2.26. The van der Waals surface area contributed by atoms with E-state index >= 15 is 4.39 Å². The van der Waals surface area contributed by atoms with Gasteiger partial charge in [-0.25, -0.2) is 23.5 Å². The summed E-state index contributed by atoms with van der Waals surface area (Å²) in [7, 11) is 7.41. The Labute approximate surface area is 238 Å². The molecular formula is C30H29F2N7O3. The maximum atomic E-state index is 15.6. The van der Waals surface area contributed by atoms with Crippen LogP contribution in [-0.2, 0) is 7.05 Å². The second-order valence-corrected chi connectivity index (χ2v) is 11.7. The lowest BCUT2D eigenvalue weighted by Gasteiger charge is -2.24. The number of aromatic carboxylic acids is 1. The second-order valence-electron chi connectivity index (χ2n) is 11.7. The highest BCUT2D eigenvalue weighted by Crippen LogP contribution is 2.57. The number of nitrogens with one attached hydrogen (secondary N) is 2. The number of anilines is 2. The van der Waals surface area contributed by atoms with E-state index in [4.69, 9.17) is 0 Å². The molecule has 4 aromatic heterocycles. The van der Waals surface area contributed by atoms with Gasteiger partial charge in [0, 0.05) is 74.4 Å². The Kier molecular flexibility index (Phi) is 5.62. The monoisotopic (exact) mass is 573 g/mol. The highest BCUT2D eigenvalue weighted by atomic mass is 19.2. The van der Waals surface area contributed by atoms with Crippen LogP contribution in [0.25, 0.3) is 44.1 Å². The number of pyridine rings is 3. The van der Waals surface area contributed by atoms with Gasteiger partial charge >= 0.3 is 5.97 Å². The predicted octanol–water partition coefficient (Wildman–Crippen LogP) is 4.18. The molecule has 1 spiro atoms. The molecule has 7 rings (SSSR count). The molecule has 1 aromatic carbocycles. The summed E-state index contributed by atoms with van der Waals surface area (Å²) in [6, 6.07) is 3.16. The fraction of sp³-hybridized carbons (Fsp3) is 0.333. The van der Waals surface area contributed by atoms with Crippen molar-refractivity contribution in [3.63, 3.8) is 0 Å². The summed E-state index contributed by atoms with van der Waals surface area (Å²) in [4.78, 5) is 41.7. The van der Waals surface area contributed by atoms with Gasteiger partial charge in [-0.05, 0) is 33.0 Å². The number of hydrogen-bond acceptors (Lipinski definition) is 7. The van der Waals surface area contributed by atoms with Crippen LogP contribution in [0.5, 0.6) is 0 Å². The molecule has 216 valence electrons. The molecule has 2 aliphatic rings. The van der Waals surface area contributed by atoms with E-state index in [-0.39, 0.29) is 21.8 Å². The third-order valence-electron chi connectivity index (χ3n) is 9.06. The van der Waals surface area contributed by atoms with E-state index < -0.39 is 23.0 Å². The molecule has 10 nitrogen and oxygen atoms in total. The SMILES string of the molecule is CNc1cc(F)c(F)c2c1[nH]c1ncc(-c3cnc4c(c3)c(=O)c(C(=O)O)cn4C)c(N3CC[C@@]4(C[C@H]4N(C)C)C3)c12. The van der Waals surface area contributed by atoms with Crippen LogP contribution in [0.3, 0.4) is 0 Å². The van der Waals surface area contributed by atoms with Crippen LogP contribution in [0.1, 0.15) is 23.2 Å². The number of aryl methyl sites for hydroxylation is 1.